The molecule has 0 radical (unpaired) electrons. The van der Waals surface area contributed by atoms with Crippen LogP contribution in [-0.4, -0.2) is 37.7 Å². The van der Waals surface area contributed by atoms with Crippen LogP contribution in [0.2, 0.25) is 0 Å². The third kappa shape index (κ3) is 3.47. The van der Waals surface area contributed by atoms with Crippen LogP contribution in [0.25, 0.3) is 0 Å². The van der Waals surface area contributed by atoms with Gasteiger partial charge in [0.05, 0.1) is 11.8 Å². The van der Waals surface area contributed by atoms with Gasteiger partial charge in [0, 0.05) is 19.8 Å². The first-order valence-corrected chi connectivity index (χ1v) is 6.55. The molecule has 21 heavy (non-hydrogen) atoms. The second-order valence-corrected chi connectivity index (χ2v) is 4.84. The van der Waals surface area contributed by atoms with Crippen molar-refractivity contribution < 1.29 is 14.7 Å². The lowest BCUT2D eigenvalue weighted by molar-refractivity contribution is -0.141. The molecule has 0 aliphatic rings. The normalized spacial score (nSPS) is 11.9. The molecule has 6 heteroatoms. The van der Waals surface area contributed by atoms with Gasteiger partial charge in [-0.3, -0.25) is 9.48 Å². The van der Waals surface area contributed by atoms with Crippen molar-refractivity contribution in [1.82, 2.24) is 14.7 Å². The van der Waals surface area contributed by atoms with Gasteiger partial charge in [0.15, 0.2) is 0 Å². The largest absolute Gasteiger partial charge is 0.480 e. The molecule has 0 bridgehead atoms. The van der Waals surface area contributed by atoms with Gasteiger partial charge < -0.3 is 10.0 Å². The lowest BCUT2D eigenvalue weighted by atomic mass is 10.1. The first-order chi connectivity index (χ1) is 9.99. The third-order valence-corrected chi connectivity index (χ3v) is 3.23. The van der Waals surface area contributed by atoms with E-state index in [2.05, 4.69) is 5.10 Å². The number of rotatable bonds is 5. The number of amides is 1. The predicted octanol–water partition coefficient (Wildman–Crippen LogP) is 1.54. The summed E-state index contributed by atoms with van der Waals surface area (Å²) in [5.74, 6) is -1.38. The molecule has 110 valence electrons. The number of carboxylic acids is 1. The van der Waals surface area contributed by atoms with Crippen molar-refractivity contribution in [3.63, 3.8) is 0 Å². The van der Waals surface area contributed by atoms with E-state index < -0.39 is 12.0 Å². The summed E-state index contributed by atoms with van der Waals surface area (Å²) in [5.41, 5.74) is 1.25. The van der Waals surface area contributed by atoms with Crippen LogP contribution in [0.5, 0.6) is 0 Å². The van der Waals surface area contributed by atoms with Crippen LogP contribution in [0.15, 0.2) is 42.7 Å². The summed E-state index contributed by atoms with van der Waals surface area (Å²) in [6.07, 6.45) is 3.02. The van der Waals surface area contributed by atoms with Crippen molar-refractivity contribution in [3.05, 3.63) is 53.9 Å². The highest BCUT2D eigenvalue weighted by Gasteiger charge is 2.27. The molecule has 1 aromatic carbocycles. The van der Waals surface area contributed by atoms with Gasteiger partial charge in [0.2, 0.25) is 0 Å². The van der Waals surface area contributed by atoms with Gasteiger partial charge in [0.1, 0.15) is 6.04 Å². The van der Waals surface area contributed by atoms with Crippen LogP contribution < -0.4 is 0 Å². The molecule has 1 aromatic heterocycles. The van der Waals surface area contributed by atoms with Crippen LogP contribution in [0.1, 0.15) is 22.8 Å². The van der Waals surface area contributed by atoms with Crippen molar-refractivity contribution >= 4 is 11.9 Å². The average molecular weight is 287 g/mol. The maximum Gasteiger partial charge on any atom is 0.326 e. The Bertz CT molecular complexity index is 637. The van der Waals surface area contributed by atoms with E-state index in [1.807, 2.05) is 30.3 Å². The number of benzene rings is 1. The summed E-state index contributed by atoms with van der Waals surface area (Å²) >= 11 is 0. The zero-order chi connectivity index (χ0) is 15.4. The molecule has 1 heterocycles. The molecule has 6 nitrogen and oxygen atoms in total. The van der Waals surface area contributed by atoms with Gasteiger partial charge in [-0.1, -0.05) is 30.3 Å². The molecule has 1 N–H and O–H groups in total. The molecule has 0 aliphatic heterocycles. The van der Waals surface area contributed by atoms with Crippen molar-refractivity contribution in [1.29, 1.82) is 0 Å². The van der Waals surface area contributed by atoms with Crippen LogP contribution in [0.3, 0.4) is 0 Å². The fourth-order valence-electron chi connectivity index (χ4n) is 2.00. The van der Waals surface area contributed by atoms with E-state index in [1.165, 1.54) is 22.7 Å². The summed E-state index contributed by atoms with van der Waals surface area (Å²) in [7, 11) is 1.71. The number of hydrogen-bond acceptors (Lipinski definition) is 3. The predicted molar refractivity (Wildman–Crippen MR) is 76.6 cm³/mol. The maximum atomic E-state index is 12.5. The number of aromatic nitrogens is 2. The van der Waals surface area contributed by atoms with Gasteiger partial charge in [-0.05, 0) is 12.5 Å². The molecule has 1 unspecified atom stereocenters. The molecular weight excluding hydrogens is 270 g/mol. The van der Waals surface area contributed by atoms with Gasteiger partial charge in [-0.15, -0.1) is 0 Å². The van der Waals surface area contributed by atoms with E-state index >= 15 is 0 Å². The lowest BCUT2D eigenvalue weighted by Gasteiger charge is -2.26. The molecular formula is C15H17N3O3. The van der Waals surface area contributed by atoms with Crippen molar-refractivity contribution in [2.45, 2.75) is 19.5 Å². The highest BCUT2D eigenvalue weighted by atomic mass is 16.4. The van der Waals surface area contributed by atoms with E-state index in [4.69, 9.17) is 0 Å². The van der Waals surface area contributed by atoms with Crippen LogP contribution in [0, 0.1) is 0 Å². The zero-order valence-electron chi connectivity index (χ0n) is 11.9. The first kappa shape index (κ1) is 14.8. The second-order valence-electron chi connectivity index (χ2n) is 4.84. The second kappa shape index (κ2) is 6.21. The van der Waals surface area contributed by atoms with Crippen LogP contribution in [0.4, 0.5) is 0 Å². The van der Waals surface area contributed by atoms with E-state index in [-0.39, 0.29) is 12.5 Å². The Morgan fingerprint density at radius 2 is 2.00 bits per heavy atom. The summed E-state index contributed by atoms with van der Waals surface area (Å²) in [4.78, 5) is 25.1. The molecule has 1 amide bonds. The van der Waals surface area contributed by atoms with E-state index in [0.29, 0.717) is 5.56 Å². The number of carboxylic acid groups (broad SMARTS) is 1. The number of carbonyl (C=O) groups is 2. The molecule has 2 rings (SSSR count). The smallest absolute Gasteiger partial charge is 0.326 e. The lowest BCUT2D eigenvalue weighted by Crippen LogP contribution is -2.42. The Kier molecular flexibility index (Phi) is 4.37. The maximum absolute atomic E-state index is 12.5. The van der Waals surface area contributed by atoms with Crippen molar-refractivity contribution in [2.75, 3.05) is 0 Å². The van der Waals surface area contributed by atoms with Gasteiger partial charge in [-0.2, -0.15) is 5.10 Å². The van der Waals surface area contributed by atoms with E-state index in [0.717, 1.165) is 5.56 Å². The van der Waals surface area contributed by atoms with Crippen molar-refractivity contribution in [3.8, 4) is 0 Å². The Hall–Kier alpha value is -2.63. The molecule has 0 saturated carbocycles. The SMILES string of the molecule is CC(C(=O)O)N(Cc1ccccc1)C(=O)c1cnn(C)c1. The summed E-state index contributed by atoms with van der Waals surface area (Å²) in [5, 5.41) is 13.2. The monoisotopic (exact) mass is 287 g/mol. The fourth-order valence-corrected chi connectivity index (χ4v) is 2.00. The van der Waals surface area contributed by atoms with E-state index in [9.17, 15) is 14.7 Å². The minimum atomic E-state index is -1.04. The molecule has 0 spiro atoms. The highest BCUT2D eigenvalue weighted by molar-refractivity contribution is 5.96. The minimum Gasteiger partial charge on any atom is -0.480 e. The summed E-state index contributed by atoms with van der Waals surface area (Å²) in [6.45, 7) is 1.74. The minimum absolute atomic E-state index is 0.238. The summed E-state index contributed by atoms with van der Waals surface area (Å²) < 4.78 is 1.51. The van der Waals surface area contributed by atoms with E-state index in [1.54, 1.807) is 13.2 Å². The summed E-state index contributed by atoms with van der Waals surface area (Å²) in [6, 6.07) is 8.38. The Morgan fingerprint density at radius 3 is 2.52 bits per heavy atom. The molecule has 1 atom stereocenters. The number of aliphatic carboxylic acids is 1. The standard InChI is InChI=1S/C15H17N3O3/c1-11(15(20)21)18(9-12-6-4-3-5-7-12)14(19)13-8-16-17(2)10-13/h3-8,10-11H,9H2,1-2H3,(H,20,21). The van der Waals surface area contributed by atoms with Crippen molar-refractivity contribution in [2.24, 2.45) is 7.05 Å². The van der Waals surface area contributed by atoms with Gasteiger partial charge >= 0.3 is 5.97 Å². The Labute approximate surface area is 122 Å². The fraction of sp³-hybridized carbons (Fsp3) is 0.267. The van der Waals surface area contributed by atoms with Gasteiger partial charge in [0.25, 0.3) is 5.91 Å². The number of carbonyl (C=O) groups excluding carboxylic acids is 1. The number of nitrogens with zero attached hydrogens (tertiary/aromatic N) is 3. The zero-order valence-corrected chi connectivity index (χ0v) is 11.9. The number of hydrogen-bond donors (Lipinski definition) is 1. The third-order valence-electron chi connectivity index (χ3n) is 3.23. The average Bonchev–Trinajstić information content (AvgIpc) is 2.91. The Morgan fingerprint density at radius 1 is 1.33 bits per heavy atom. The topological polar surface area (TPSA) is 75.4 Å². The molecule has 0 aliphatic carbocycles. The quantitative estimate of drug-likeness (QED) is 0.905. The van der Waals surface area contributed by atoms with Crippen LogP contribution in [-0.2, 0) is 18.4 Å². The molecule has 0 saturated heterocycles. The van der Waals surface area contributed by atoms with Crippen LogP contribution >= 0.6 is 0 Å². The Balaban J connectivity index is 2.27. The van der Waals surface area contributed by atoms with Gasteiger partial charge in [-0.25, -0.2) is 4.79 Å². The highest BCUT2D eigenvalue weighted by Crippen LogP contribution is 2.13. The molecule has 2 aromatic rings. The first-order valence-electron chi connectivity index (χ1n) is 6.55. The molecule has 0 fully saturated rings. The number of aryl methyl sites for hydroxylation is 1.